The normalized spacial score (nSPS) is 10.7. The summed E-state index contributed by atoms with van der Waals surface area (Å²) in [6.45, 7) is 5.10. The molecule has 0 aliphatic rings. The molecule has 0 aromatic carbocycles. The number of aryl methyl sites for hydroxylation is 4. The molecule has 0 unspecified atom stereocenters. The summed E-state index contributed by atoms with van der Waals surface area (Å²) in [5.41, 5.74) is 0. The first-order valence-corrected chi connectivity index (χ1v) is 8.95. The first kappa shape index (κ1) is 22.5. The van der Waals surface area contributed by atoms with Crippen LogP contribution < -0.4 is 18.9 Å². The lowest BCUT2D eigenvalue weighted by atomic mass is 10.7. The zero-order chi connectivity index (χ0) is 18.8. The number of rotatable bonds is 4. The van der Waals surface area contributed by atoms with E-state index in [0.717, 1.165) is 20.1 Å². The molecule has 0 saturated carbocycles. The molecule has 2 aromatic heterocycles. The summed E-state index contributed by atoms with van der Waals surface area (Å²) in [5.74, 6) is 0. The van der Waals surface area contributed by atoms with Gasteiger partial charge in [-0.15, -0.1) is 0 Å². The van der Waals surface area contributed by atoms with E-state index in [0.29, 0.717) is 0 Å². The average Bonchev–Trinajstić information content (AvgIpc) is 3.14. The van der Waals surface area contributed by atoms with Crippen molar-refractivity contribution in [1.82, 2.24) is 13.8 Å². The van der Waals surface area contributed by atoms with E-state index in [1.165, 1.54) is 0 Å². The molecule has 0 saturated heterocycles. The highest BCUT2D eigenvalue weighted by molar-refractivity contribution is 7.46. The van der Waals surface area contributed by atoms with Gasteiger partial charge in [0.25, 0.3) is 0 Å². The Morgan fingerprint density at radius 2 is 1.42 bits per heavy atom. The summed E-state index contributed by atoms with van der Waals surface area (Å²) >= 11 is 0. The number of nitrogens with zero attached hydrogens (tertiary/aromatic N) is 5. The molecule has 2 heterocycles. The van der Waals surface area contributed by atoms with Crippen molar-refractivity contribution < 1.29 is 27.9 Å². The van der Waals surface area contributed by atoms with E-state index in [4.69, 9.17) is 0 Å². The smallest absolute Gasteiger partial charge is 0.243 e. The maximum atomic E-state index is 11.2. The van der Waals surface area contributed by atoms with Gasteiger partial charge in [-0.1, -0.05) is 0 Å². The largest absolute Gasteiger partial charge is 0.799 e. The van der Waals surface area contributed by atoms with Crippen LogP contribution in [0.25, 0.3) is 0 Å². The van der Waals surface area contributed by atoms with Gasteiger partial charge in [0.2, 0.25) is 12.7 Å². The Labute approximate surface area is 142 Å². The van der Waals surface area contributed by atoms with Crippen molar-refractivity contribution in [3.63, 3.8) is 0 Å². The summed E-state index contributed by atoms with van der Waals surface area (Å²) in [6, 6.07) is 0. The Bertz CT molecular complexity index is 585. The van der Waals surface area contributed by atoms with Crippen LogP contribution in [0, 0.1) is 0 Å². The van der Waals surface area contributed by atoms with Gasteiger partial charge in [0.1, 0.15) is 31.6 Å². The molecule has 24 heavy (non-hydrogen) atoms. The van der Waals surface area contributed by atoms with Crippen LogP contribution in [0.4, 0.5) is 4.39 Å². The van der Waals surface area contributed by atoms with Crippen LogP contribution in [0.2, 0.25) is 0 Å². The van der Waals surface area contributed by atoms with Crippen molar-refractivity contribution in [2.75, 3.05) is 13.8 Å². The minimum absolute atomic E-state index is 0.0903. The number of aromatic nitrogens is 4. The fraction of sp³-hybridized carbons (Fsp3) is 0.571. The van der Waals surface area contributed by atoms with Crippen molar-refractivity contribution in [1.29, 1.82) is 0 Å². The molecule has 2 rings (SSSR count). The van der Waals surface area contributed by atoms with Gasteiger partial charge in [-0.3, -0.25) is 4.67 Å². The third-order valence-corrected chi connectivity index (χ3v) is 3.91. The standard InChI is InChI=1S/2C6H11N2.C2H7FNO3P/c2*1-3-8-5-4-7(2)6-8;1-4(2-3)8(5,6)7/h2*4-6H,3H2,1-2H3;2H2,1H3,(H2,5,6,7)/q2*+1;/p-2. The lowest BCUT2D eigenvalue weighted by Crippen LogP contribution is -2.29. The highest BCUT2D eigenvalue weighted by atomic mass is 31.2. The van der Waals surface area contributed by atoms with Crippen molar-refractivity contribution in [3.05, 3.63) is 37.4 Å². The Balaban J connectivity index is 0.000000331. The number of hydrogen-bond donors (Lipinski definition) is 0. The van der Waals surface area contributed by atoms with Crippen LogP contribution in [0.1, 0.15) is 13.8 Å². The second kappa shape index (κ2) is 11.1. The molecule has 0 radical (unpaired) electrons. The topological polar surface area (TPSA) is 84.0 Å². The van der Waals surface area contributed by atoms with E-state index < -0.39 is 14.5 Å². The van der Waals surface area contributed by atoms with E-state index in [1.807, 2.05) is 35.6 Å². The molecule has 10 heteroatoms. The average molecular weight is 363 g/mol. The van der Waals surface area contributed by atoms with Crippen LogP contribution in [0.3, 0.4) is 0 Å². The summed E-state index contributed by atoms with van der Waals surface area (Å²) in [4.78, 5) is 19.4. The molecular formula is C14H27FN5O3P. The highest BCUT2D eigenvalue weighted by Crippen LogP contribution is 2.26. The molecule has 0 N–H and O–H groups in total. The number of hydrogen-bond acceptors (Lipinski definition) is 3. The van der Waals surface area contributed by atoms with Crippen molar-refractivity contribution in [2.45, 2.75) is 26.9 Å². The summed E-state index contributed by atoms with van der Waals surface area (Å²) in [5, 5.41) is 0. The van der Waals surface area contributed by atoms with Crippen LogP contribution >= 0.6 is 7.75 Å². The van der Waals surface area contributed by atoms with Crippen molar-refractivity contribution in [2.24, 2.45) is 14.1 Å². The minimum Gasteiger partial charge on any atom is -0.799 e. The Morgan fingerprint density at radius 3 is 1.50 bits per heavy atom. The quantitative estimate of drug-likeness (QED) is 0.410. The van der Waals surface area contributed by atoms with Gasteiger partial charge in [-0.25, -0.2) is 22.7 Å². The minimum atomic E-state index is -4.80. The maximum absolute atomic E-state index is 11.2. The van der Waals surface area contributed by atoms with Crippen LogP contribution in [-0.4, -0.2) is 27.7 Å². The fourth-order valence-electron chi connectivity index (χ4n) is 1.44. The lowest BCUT2D eigenvalue weighted by molar-refractivity contribution is -0.671. The Kier molecular flexibility index (Phi) is 10.4. The number of imidazole rings is 2. The zero-order valence-corrected chi connectivity index (χ0v) is 15.8. The van der Waals surface area contributed by atoms with Crippen LogP contribution in [0.15, 0.2) is 37.4 Å². The van der Waals surface area contributed by atoms with E-state index in [1.54, 1.807) is 0 Å². The third kappa shape index (κ3) is 9.57. The van der Waals surface area contributed by atoms with E-state index in [9.17, 15) is 18.7 Å². The van der Waals surface area contributed by atoms with Gasteiger partial charge in [-0.2, -0.15) is 0 Å². The molecule has 138 valence electrons. The van der Waals surface area contributed by atoms with Gasteiger partial charge in [0.05, 0.1) is 27.2 Å². The van der Waals surface area contributed by atoms with Gasteiger partial charge < -0.3 is 14.4 Å². The Hall–Kier alpha value is -1.54. The van der Waals surface area contributed by atoms with Crippen LogP contribution in [-0.2, 0) is 31.7 Å². The van der Waals surface area contributed by atoms with Crippen LogP contribution in [0.5, 0.6) is 0 Å². The number of halogens is 1. The van der Waals surface area contributed by atoms with Crippen molar-refractivity contribution >= 4 is 7.75 Å². The SMILES string of the molecule is CCn1cc[n+](C)c1.CCn1cc[n+](C)c1.CN(CF)P(=O)([O-])[O-]. The highest BCUT2D eigenvalue weighted by Gasteiger charge is 1.97. The van der Waals surface area contributed by atoms with E-state index in [2.05, 4.69) is 48.0 Å². The predicted molar refractivity (Wildman–Crippen MR) is 83.9 cm³/mol. The lowest BCUT2D eigenvalue weighted by Gasteiger charge is -2.36. The third-order valence-electron chi connectivity index (χ3n) is 2.97. The summed E-state index contributed by atoms with van der Waals surface area (Å²) < 4.78 is 29.4. The van der Waals surface area contributed by atoms with Gasteiger partial charge >= 0.3 is 0 Å². The predicted octanol–water partition coefficient (Wildman–Crippen LogP) is -0.661. The molecule has 2 aromatic rings. The number of alkyl halides is 1. The van der Waals surface area contributed by atoms with Gasteiger partial charge in [-0.05, 0) is 20.9 Å². The molecule has 0 bridgehead atoms. The van der Waals surface area contributed by atoms with Gasteiger partial charge in [0.15, 0.2) is 0 Å². The monoisotopic (exact) mass is 363 g/mol. The summed E-state index contributed by atoms with van der Waals surface area (Å²) in [6.07, 6.45) is 12.3. The second-order valence-electron chi connectivity index (χ2n) is 5.06. The first-order valence-electron chi connectivity index (χ1n) is 7.45. The molecule has 0 aliphatic heterocycles. The van der Waals surface area contributed by atoms with Gasteiger partial charge in [0, 0.05) is 7.75 Å². The first-order chi connectivity index (χ1) is 11.1. The van der Waals surface area contributed by atoms with Crippen molar-refractivity contribution in [3.8, 4) is 0 Å². The molecule has 0 amide bonds. The molecule has 0 fully saturated rings. The zero-order valence-electron chi connectivity index (χ0n) is 14.9. The second-order valence-corrected chi connectivity index (χ2v) is 6.68. The maximum Gasteiger partial charge on any atom is 0.243 e. The fourth-order valence-corrected chi connectivity index (χ4v) is 1.57. The molecule has 0 spiro atoms. The summed E-state index contributed by atoms with van der Waals surface area (Å²) in [7, 11) is 0.117. The molecular weight excluding hydrogens is 336 g/mol. The molecule has 0 atom stereocenters. The Morgan fingerprint density at radius 1 is 1.04 bits per heavy atom. The molecule has 8 nitrogen and oxygen atoms in total. The van der Waals surface area contributed by atoms with E-state index in [-0.39, 0.29) is 4.67 Å². The molecule has 0 aliphatic carbocycles. The van der Waals surface area contributed by atoms with E-state index >= 15 is 0 Å².